The Morgan fingerprint density at radius 2 is 1.73 bits per heavy atom. The van der Waals surface area contributed by atoms with Gasteiger partial charge in [-0.15, -0.1) is 0 Å². The molecule has 3 N–H and O–H groups in total. The third-order valence-electron chi connectivity index (χ3n) is 3.45. The van der Waals surface area contributed by atoms with Crippen molar-refractivity contribution in [1.29, 1.82) is 0 Å². The molecule has 0 spiro atoms. The van der Waals surface area contributed by atoms with Gasteiger partial charge in [0.15, 0.2) is 17.5 Å². The second-order valence-corrected chi connectivity index (χ2v) is 5.05. The summed E-state index contributed by atoms with van der Waals surface area (Å²) in [6.07, 6.45) is 0. The van der Waals surface area contributed by atoms with Crippen LogP contribution in [0.4, 0.5) is 30.4 Å². The number of ether oxygens (including phenoxy) is 1. The number of hydrogen-bond donors (Lipinski definition) is 2. The summed E-state index contributed by atoms with van der Waals surface area (Å²) < 4.78 is 48.4. The van der Waals surface area contributed by atoms with E-state index in [1.807, 2.05) is 13.8 Å². The average Bonchev–Trinajstić information content (AvgIpc) is 2.64. The molecule has 1 aromatic heterocycles. The standard InChI is InChI=1S/C16H13F3N4O.C2H6/c1-7-21-14-10(16(20)22-7)11(17)12(18)15(13(14)19)23-8-4-3-5-9(6-8)24-2;1-2/h3-6,23H,1-2H3,(H2,20,21,22);1-2H3. The Balaban J connectivity index is 0.00000117. The summed E-state index contributed by atoms with van der Waals surface area (Å²) in [7, 11) is 1.46. The van der Waals surface area contributed by atoms with Gasteiger partial charge in [0.2, 0.25) is 0 Å². The molecule has 0 fully saturated rings. The Bertz CT molecular complexity index is 948. The molecular weight excluding hydrogens is 345 g/mol. The summed E-state index contributed by atoms with van der Waals surface area (Å²) in [5.74, 6) is -3.46. The smallest absolute Gasteiger partial charge is 0.186 e. The second kappa shape index (κ2) is 7.90. The van der Waals surface area contributed by atoms with E-state index in [1.54, 1.807) is 18.2 Å². The molecule has 0 saturated heterocycles. The number of rotatable bonds is 3. The molecule has 3 aromatic rings. The van der Waals surface area contributed by atoms with Crippen LogP contribution in [0.25, 0.3) is 10.9 Å². The SMILES string of the molecule is CC.COc1cccc(Nc2c(F)c(F)c3c(N)nc(C)nc3c2F)c1. The fraction of sp³-hybridized carbons (Fsp3) is 0.222. The predicted octanol–water partition coefficient (Wildman–Crippen LogP) is 4.72. The Kier molecular flexibility index (Phi) is 5.86. The molecule has 0 aliphatic carbocycles. The number of nitrogens with two attached hydrogens (primary N) is 1. The summed E-state index contributed by atoms with van der Waals surface area (Å²) in [6.45, 7) is 5.48. The first-order valence-electron chi connectivity index (χ1n) is 7.93. The molecular formula is C18H19F3N4O. The van der Waals surface area contributed by atoms with Crippen LogP contribution in [0.1, 0.15) is 19.7 Å². The molecule has 0 radical (unpaired) electrons. The number of anilines is 3. The Morgan fingerprint density at radius 1 is 1.04 bits per heavy atom. The van der Waals surface area contributed by atoms with E-state index in [2.05, 4.69) is 15.3 Å². The van der Waals surface area contributed by atoms with Gasteiger partial charge in [-0.3, -0.25) is 0 Å². The normalized spacial score (nSPS) is 10.3. The minimum atomic E-state index is -1.40. The summed E-state index contributed by atoms with van der Waals surface area (Å²) in [4.78, 5) is 7.57. The van der Waals surface area contributed by atoms with Crippen LogP contribution in [0, 0.1) is 24.4 Å². The first kappa shape index (κ1) is 19.3. The highest BCUT2D eigenvalue weighted by atomic mass is 19.2. The number of aryl methyl sites for hydroxylation is 1. The van der Waals surface area contributed by atoms with Crippen molar-refractivity contribution in [1.82, 2.24) is 9.97 Å². The Hall–Kier alpha value is -3.03. The van der Waals surface area contributed by atoms with E-state index >= 15 is 0 Å². The highest BCUT2D eigenvalue weighted by Gasteiger charge is 2.24. The maximum Gasteiger partial charge on any atom is 0.186 e. The van der Waals surface area contributed by atoms with Gasteiger partial charge in [0.1, 0.15) is 28.6 Å². The first-order chi connectivity index (χ1) is 12.4. The molecule has 26 heavy (non-hydrogen) atoms. The zero-order chi connectivity index (χ0) is 19.4. The molecule has 0 atom stereocenters. The summed E-state index contributed by atoms with van der Waals surface area (Å²) >= 11 is 0. The van der Waals surface area contributed by atoms with Crippen molar-refractivity contribution in [3.8, 4) is 5.75 Å². The third-order valence-corrected chi connectivity index (χ3v) is 3.45. The second-order valence-electron chi connectivity index (χ2n) is 5.05. The highest BCUT2D eigenvalue weighted by molar-refractivity contribution is 5.92. The minimum Gasteiger partial charge on any atom is -0.497 e. The number of fused-ring (bicyclic) bond motifs is 1. The van der Waals surface area contributed by atoms with Gasteiger partial charge in [0, 0.05) is 11.8 Å². The van der Waals surface area contributed by atoms with E-state index in [4.69, 9.17) is 10.5 Å². The number of halogens is 3. The molecule has 0 saturated carbocycles. The minimum absolute atomic E-state index is 0.150. The van der Waals surface area contributed by atoms with Crippen LogP contribution in [-0.4, -0.2) is 17.1 Å². The lowest BCUT2D eigenvalue weighted by molar-refractivity contribution is 0.415. The van der Waals surface area contributed by atoms with Crippen molar-refractivity contribution in [3.05, 3.63) is 47.5 Å². The van der Waals surface area contributed by atoms with Gasteiger partial charge < -0.3 is 15.8 Å². The van der Waals surface area contributed by atoms with Crippen LogP contribution >= 0.6 is 0 Å². The fourth-order valence-corrected chi connectivity index (χ4v) is 2.36. The van der Waals surface area contributed by atoms with Crippen molar-refractivity contribution < 1.29 is 17.9 Å². The maximum absolute atomic E-state index is 14.7. The number of nitrogens with zero attached hydrogens (tertiary/aromatic N) is 2. The molecule has 1 heterocycles. The van der Waals surface area contributed by atoms with Gasteiger partial charge in [0.25, 0.3) is 0 Å². The summed E-state index contributed by atoms with van der Waals surface area (Å²) in [5, 5.41) is 2.04. The zero-order valence-electron chi connectivity index (χ0n) is 14.8. The van der Waals surface area contributed by atoms with Crippen LogP contribution in [-0.2, 0) is 0 Å². The highest BCUT2D eigenvalue weighted by Crippen LogP contribution is 2.34. The Morgan fingerprint density at radius 3 is 2.38 bits per heavy atom. The molecule has 2 aromatic carbocycles. The van der Waals surface area contributed by atoms with Crippen molar-refractivity contribution in [2.24, 2.45) is 0 Å². The molecule has 138 valence electrons. The van der Waals surface area contributed by atoms with Crippen LogP contribution < -0.4 is 15.8 Å². The molecule has 0 unspecified atom stereocenters. The largest absolute Gasteiger partial charge is 0.497 e. The lowest BCUT2D eigenvalue weighted by Crippen LogP contribution is -2.07. The van der Waals surface area contributed by atoms with Gasteiger partial charge in [0.05, 0.1) is 12.5 Å². The summed E-state index contributed by atoms with van der Waals surface area (Å²) in [5.41, 5.74) is 4.85. The van der Waals surface area contributed by atoms with Crippen LogP contribution in [0.15, 0.2) is 24.3 Å². The van der Waals surface area contributed by atoms with E-state index in [9.17, 15) is 13.2 Å². The van der Waals surface area contributed by atoms with Crippen molar-refractivity contribution in [2.45, 2.75) is 20.8 Å². The quantitative estimate of drug-likeness (QED) is 0.658. The van der Waals surface area contributed by atoms with Crippen LogP contribution in [0.5, 0.6) is 5.75 Å². The molecule has 0 amide bonds. The molecule has 3 rings (SSSR count). The predicted molar refractivity (Wildman–Crippen MR) is 96.2 cm³/mol. The van der Waals surface area contributed by atoms with Gasteiger partial charge in [-0.2, -0.15) is 0 Å². The monoisotopic (exact) mass is 364 g/mol. The third kappa shape index (κ3) is 3.49. The van der Waals surface area contributed by atoms with Crippen LogP contribution in [0.2, 0.25) is 0 Å². The average molecular weight is 364 g/mol. The van der Waals surface area contributed by atoms with E-state index in [0.717, 1.165) is 0 Å². The molecule has 0 aliphatic rings. The summed E-state index contributed by atoms with van der Waals surface area (Å²) in [6, 6.07) is 6.36. The molecule has 0 aliphatic heterocycles. The van der Waals surface area contributed by atoms with E-state index in [0.29, 0.717) is 11.4 Å². The molecule has 0 bridgehead atoms. The number of aromatic nitrogens is 2. The lowest BCUT2D eigenvalue weighted by atomic mass is 10.1. The van der Waals surface area contributed by atoms with Crippen molar-refractivity contribution >= 4 is 28.1 Å². The van der Waals surface area contributed by atoms with Crippen molar-refractivity contribution in [3.63, 3.8) is 0 Å². The molecule has 8 heteroatoms. The van der Waals surface area contributed by atoms with Gasteiger partial charge >= 0.3 is 0 Å². The Labute approximate surface area is 149 Å². The lowest BCUT2D eigenvalue weighted by Gasteiger charge is -2.13. The van der Waals surface area contributed by atoms with Crippen LogP contribution in [0.3, 0.4) is 0 Å². The van der Waals surface area contributed by atoms with E-state index in [1.165, 1.54) is 20.1 Å². The number of hydrogen-bond acceptors (Lipinski definition) is 5. The van der Waals surface area contributed by atoms with Crippen molar-refractivity contribution in [2.75, 3.05) is 18.2 Å². The maximum atomic E-state index is 14.7. The fourth-order valence-electron chi connectivity index (χ4n) is 2.36. The zero-order valence-corrected chi connectivity index (χ0v) is 14.8. The topological polar surface area (TPSA) is 73.1 Å². The number of benzene rings is 2. The number of nitrogen functional groups attached to an aromatic ring is 1. The van der Waals surface area contributed by atoms with E-state index in [-0.39, 0.29) is 17.2 Å². The van der Waals surface area contributed by atoms with E-state index < -0.39 is 28.5 Å². The number of nitrogens with one attached hydrogen (secondary N) is 1. The van der Waals surface area contributed by atoms with Gasteiger partial charge in [-0.25, -0.2) is 23.1 Å². The van der Waals surface area contributed by atoms with Gasteiger partial charge in [-0.05, 0) is 19.1 Å². The van der Waals surface area contributed by atoms with Gasteiger partial charge in [-0.1, -0.05) is 19.9 Å². The first-order valence-corrected chi connectivity index (χ1v) is 7.93. The number of methoxy groups -OCH3 is 1. The molecule has 5 nitrogen and oxygen atoms in total.